The van der Waals surface area contributed by atoms with Crippen LogP contribution < -0.4 is 0 Å². The van der Waals surface area contributed by atoms with E-state index in [9.17, 15) is 13.6 Å². The molecule has 0 spiro atoms. The lowest BCUT2D eigenvalue weighted by atomic mass is 10.1. The van der Waals surface area contributed by atoms with Gasteiger partial charge < -0.3 is 4.57 Å². The smallest absolute Gasteiger partial charge is 0.214 e. The van der Waals surface area contributed by atoms with E-state index >= 15 is 0 Å². The molecule has 1 heterocycles. The highest BCUT2D eigenvalue weighted by molar-refractivity contribution is 6.08. The van der Waals surface area contributed by atoms with Gasteiger partial charge in [-0.05, 0) is 18.6 Å². The highest BCUT2D eigenvalue weighted by atomic mass is 19.2. The number of imidazole rings is 1. The van der Waals surface area contributed by atoms with Crippen molar-refractivity contribution >= 4 is 5.78 Å². The standard InChI is InChI=1S/C12H10F2N2O/c1-7-3-4-8(11(14)10(7)13)12(17)9-5-15-6-16(9)2/h3-6H,1-2H3. The van der Waals surface area contributed by atoms with Crippen LogP contribution in [0.2, 0.25) is 0 Å². The van der Waals surface area contributed by atoms with Gasteiger partial charge in [0, 0.05) is 7.05 Å². The number of carbonyl (C=O) groups is 1. The fourth-order valence-corrected chi connectivity index (χ4v) is 1.54. The maximum Gasteiger partial charge on any atom is 0.214 e. The lowest BCUT2D eigenvalue weighted by Gasteiger charge is -2.05. The molecule has 0 saturated carbocycles. The number of nitrogens with zero attached hydrogens (tertiary/aromatic N) is 2. The summed E-state index contributed by atoms with van der Waals surface area (Å²) < 4.78 is 28.4. The molecule has 0 unspecified atom stereocenters. The summed E-state index contributed by atoms with van der Waals surface area (Å²) >= 11 is 0. The fourth-order valence-electron chi connectivity index (χ4n) is 1.54. The fraction of sp³-hybridized carbons (Fsp3) is 0.167. The Morgan fingerprint density at radius 3 is 2.59 bits per heavy atom. The highest BCUT2D eigenvalue weighted by Crippen LogP contribution is 2.18. The molecule has 2 rings (SSSR count). The molecular formula is C12H10F2N2O. The number of rotatable bonds is 2. The SMILES string of the molecule is Cc1ccc(C(=O)c2cncn2C)c(F)c1F. The summed E-state index contributed by atoms with van der Waals surface area (Å²) in [5, 5.41) is 0. The molecule has 88 valence electrons. The summed E-state index contributed by atoms with van der Waals surface area (Å²) in [5.74, 6) is -2.68. The van der Waals surface area contributed by atoms with Crippen LogP contribution in [0.5, 0.6) is 0 Å². The zero-order valence-corrected chi connectivity index (χ0v) is 9.37. The van der Waals surface area contributed by atoms with Gasteiger partial charge in [-0.1, -0.05) is 6.07 Å². The Bertz CT molecular complexity index is 590. The van der Waals surface area contributed by atoms with Crippen molar-refractivity contribution in [3.8, 4) is 0 Å². The maximum absolute atomic E-state index is 13.6. The van der Waals surface area contributed by atoms with E-state index in [4.69, 9.17) is 0 Å². The molecule has 1 aromatic carbocycles. The van der Waals surface area contributed by atoms with Crippen molar-refractivity contribution in [3.63, 3.8) is 0 Å². The van der Waals surface area contributed by atoms with E-state index in [1.807, 2.05) is 0 Å². The zero-order chi connectivity index (χ0) is 12.6. The first-order valence-electron chi connectivity index (χ1n) is 4.98. The second-order valence-electron chi connectivity index (χ2n) is 3.78. The van der Waals surface area contributed by atoms with Gasteiger partial charge in [0.15, 0.2) is 11.6 Å². The van der Waals surface area contributed by atoms with Crippen LogP contribution in [0.4, 0.5) is 8.78 Å². The highest BCUT2D eigenvalue weighted by Gasteiger charge is 2.20. The van der Waals surface area contributed by atoms with E-state index in [1.54, 1.807) is 7.05 Å². The van der Waals surface area contributed by atoms with Crippen LogP contribution in [0.3, 0.4) is 0 Å². The summed E-state index contributed by atoms with van der Waals surface area (Å²) in [4.78, 5) is 15.7. The van der Waals surface area contributed by atoms with E-state index in [-0.39, 0.29) is 16.8 Å². The minimum absolute atomic E-state index is 0.170. The van der Waals surface area contributed by atoms with Crippen molar-refractivity contribution in [3.05, 3.63) is 53.1 Å². The molecule has 0 saturated heterocycles. The van der Waals surface area contributed by atoms with Gasteiger partial charge in [0.25, 0.3) is 0 Å². The Labute approximate surface area is 96.7 Å². The van der Waals surface area contributed by atoms with Gasteiger partial charge in [0.05, 0.1) is 18.1 Å². The minimum atomic E-state index is -1.11. The number of hydrogen-bond donors (Lipinski definition) is 0. The van der Waals surface area contributed by atoms with Gasteiger partial charge in [-0.25, -0.2) is 13.8 Å². The Hall–Kier alpha value is -2.04. The molecule has 0 radical (unpaired) electrons. The molecule has 0 N–H and O–H groups in total. The number of benzene rings is 1. The normalized spacial score (nSPS) is 10.6. The number of aryl methyl sites for hydroxylation is 2. The van der Waals surface area contributed by atoms with Gasteiger partial charge >= 0.3 is 0 Å². The third-order valence-corrected chi connectivity index (χ3v) is 2.57. The molecule has 5 heteroatoms. The van der Waals surface area contributed by atoms with Crippen molar-refractivity contribution in [1.29, 1.82) is 0 Å². The third kappa shape index (κ3) is 1.84. The van der Waals surface area contributed by atoms with Crippen LogP contribution in [0, 0.1) is 18.6 Å². The Morgan fingerprint density at radius 2 is 2.00 bits per heavy atom. The monoisotopic (exact) mass is 236 g/mol. The van der Waals surface area contributed by atoms with Crippen LogP contribution in [0.1, 0.15) is 21.6 Å². The molecule has 0 amide bonds. The average molecular weight is 236 g/mol. The summed E-state index contributed by atoms with van der Waals surface area (Å²) in [6.07, 6.45) is 2.75. The number of carbonyl (C=O) groups excluding carboxylic acids is 1. The number of hydrogen-bond acceptors (Lipinski definition) is 2. The minimum Gasteiger partial charge on any atom is -0.331 e. The largest absolute Gasteiger partial charge is 0.331 e. The van der Waals surface area contributed by atoms with Crippen molar-refractivity contribution in [2.75, 3.05) is 0 Å². The van der Waals surface area contributed by atoms with Crippen LogP contribution in [-0.2, 0) is 7.05 Å². The summed E-state index contributed by atoms with van der Waals surface area (Å²) in [6, 6.07) is 2.66. The zero-order valence-electron chi connectivity index (χ0n) is 9.37. The molecule has 1 aromatic heterocycles. The van der Waals surface area contributed by atoms with E-state index in [0.29, 0.717) is 0 Å². The predicted molar refractivity (Wildman–Crippen MR) is 57.7 cm³/mol. The predicted octanol–water partition coefficient (Wildman–Crippen LogP) is 2.24. The van der Waals surface area contributed by atoms with Crippen LogP contribution in [0.15, 0.2) is 24.7 Å². The van der Waals surface area contributed by atoms with Crippen LogP contribution in [0.25, 0.3) is 0 Å². The third-order valence-electron chi connectivity index (χ3n) is 2.57. The summed E-state index contributed by atoms with van der Waals surface area (Å²) in [6.45, 7) is 1.44. The molecule has 0 aliphatic rings. The van der Waals surface area contributed by atoms with E-state index in [1.165, 1.54) is 36.1 Å². The molecule has 17 heavy (non-hydrogen) atoms. The molecule has 0 aliphatic heterocycles. The molecule has 3 nitrogen and oxygen atoms in total. The molecular weight excluding hydrogens is 226 g/mol. The maximum atomic E-state index is 13.6. The molecule has 0 bridgehead atoms. The van der Waals surface area contributed by atoms with Gasteiger partial charge in [-0.2, -0.15) is 0 Å². The van der Waals surface area contributed by atoms with Gasteiger partial charge in [0.2, 0.25) is 5.78 Å². The first-order chi connectivity index (χ1) is 8.02. The second-order valence-corrected chi connectivity index (χ2v) is 3.78. The topological polar surface area (TPSA) is 34.9 Å². The average Bonchev–Trinajstić information content (AvgIpc) is 2.72. The number of ketones is 1. The Balaban J connectivity index is 2.53. The Morgan fingerprint density at radius 1 is 1.29 bits per heavy atom. The van der Waals surface area contributed by atoms with Crippen LogP contribution in [-0.4, -0.2) is 15.3 Å². The quantitative estimate of drug-likeness (QED) is 0.749. The lowest BCUT2D eigenvalue weighted by molar-refractivity contribution is 0.102. The van der Waals surface area contributed by atoms with E-state index in [2.05, 4.69) is 4.98 Å². The molecule has 0 fully saturated rings. The van der Waals surface area contributed by atoms with E-state index < -0.39 is 17.4 Å². The summed E-state index contributed by atoms with van der Waals surface area (Å²) in [7, 11) is 1.61. The van der Waals surface area contributed by atoms with Crippen LogP contribution >= 0.6 is 0 Å². The van der Waals surface area contributed by atoms with Gasteiger partial charge in [-0.15, -0.1) is 0 Å². The molecule has 0 aliphatic carbocycles. The molecule has 0 atom stereocenters. The van der Waals surface area contributed by atoms with Crippen molar-refractivity contribution in [1.82, 2.24) is 9.55 Å². The van der Waals surface area contributed by atoms with Crippen molar-refractivity contribution in [2.24, 2.45) is 7.05 Å². The van der Waals surface area contributed by atoms with Crippen molar-refractivity contribution in [2.45, 2.75) is 6.92 Å². The second kappa shape index (κ2) is 4.08. The number of halogens is 2. The molecule has 2 aromatic rings. The van der Waals surface area contributed by atoms with Gasteiger partial charge in [0.1, 0.15) is 5.69 Å². The summed E-state index contributed by atoms with van der Waals surface area (Å²) in [5.41, 5.74) is 0.105. The lowest BCUT2D eigenvalue weighted by Crippen LogP contribution is -2.10. The Kier molecular flexibility index (Phi) is 2.75. The van der Waals surface area contributed by atoms with Gasteiger partial charge in [-0.3, -0.25) is 4.79 Å². The van der Waals surface area contributed by atoms with Crippen molar-refractivity contribution < 1.29 is 13.6 Å². The first kappa shape index (κ1) is 11.4. The number of aromatic nitrogens is 2. The van der Waals surface area contributed by atoms with E-state index in [0.717, 1.165) is 0 Å². The first-order valence-corrected chi connectivity index (χ1v) is 4.98.